The monoisotopic (exact) mass is 291 g/mol. The minimum atomic E-state index is -0.352. The highest BCUT2D eigenvalue weighted by Gasteiger charge is 2.09. The van der Waals surface area contributed by atoms with Crippen molar-refractivity contribution in [2.24, 2.45) is 5.10 Å². The molecule has 2 heterocycles. The average Bonchev–Trinajstić information content (AvgIpc) is 3.07. The average molecular weight is 291 g/mol. The smallest absolute Gasteiger partial charge is 0.272 e. The van der Waals surface area contributed by atoms with E-state index in [1.54, 1.807) is 24.5 Å². The highest BCUT2D eigenvalue weighted by atomic mass is 16.2. The van der Waals surface area contributed by atoms with Gasteiger partial charge in [-0.25, -0.2) is 5.43 Å². The van der Waals surface area contributed by atoms with E-state index >= 15 is 0 Å². The van der Waals surface area contributed by atoms with E-state index in [4.69, 9.17) is 0 Å². The van der Waals surface area contributed by atoms with Gasteiger partial charge in [-0.15, -0.1) is 0 Å². The van der Waals surface area contributed by atoms with Crippen LogP contribution in [0.25, 0.3) is 11.3 Å². The summed E-state index contributed by atoms with van der Waals surface area (Å²) in [5.74, 6) is -0.352. The van der Waals surface area contributed by atoms with Gasteiger partial charge in [-0.05, 0) is 12.1 Å². The summed E-state index contributed by atoms with van der Waals surface area (Å²) in [5, 5.41) is 10.7. The van der Waals surface area contributed by atoms with Crippen molar-refractivity contribution in [3.05, 3.63) is 72.2 Å². The topological polar surface area (TPSA) is 83.0 Å². The quantitative estimate of drug-likeness (QED) is 0.571. The Kier molecular flexibility index (Phi) is 4.01. The summed E-state index contributed by atoms with van der Waals surface area (Å²) in [6.07, 6.45) is 4.85. The van der Waals surface area contributed by atoms with Crippen molar-refractivity contribution in [2.45, 2.75) is 0 Å². The summed E-state index contributed by atoms with van der Waals surface area (Å²) in [4.78, 5) is 15.9. The molecule has 2 aromatic heterocycles. The molecule has 3 aromatic rings. The molecule has 22 heavy (non-hydrogen) atoms. The fourth-order valence-corrected chi connectivity index (χ4v) is 1.87. The van der Waals surface area contributed by atoms with Crippen molar-refractivity contribution in [1.82, 2.24) is 20.6 Å². The van der Waals surface area contributed by atoms with Crippen molar-refractivity contribution >= 4 is 12.1 Å². The molecule has 0 fully saturated rings. The number of rotatable bonds is 4. The number of amides is 1. The predicted octanol–water partition coefficient (Wildman–Crippen LogP) is 2.24. The number of carbonyl (C=O) groups is 1. The molecule has 0 aliphatic carbocycles. The molecule has 0 bridgehead atoms. The summed E-state index contributed by atoms with van der Waals surface area (Å²) in [7, 11) is 0. The van der Waals surface area contributed by atoms with Crippen molar-refractivity contribution in [1.29, 1.82) is 0 Å². The number of nitrogens with zero attached hydrogens (tertiary/aromatic N) is 3. The third-order valence-electron chi connectivity index (χ3n) is 2.96. The van der Waals surface area contributed by atoms with Crippen LogP contribution >= 0.6 is 0 Å². The molecule has 3 rings (SSSR count). The zero-order valence-electron chi connectivity index (χ0n) is 11.6. The zero-order chi connectivity index (χ0) is 15.2. The van der Waals surface area contributed by atoms with Crippen molar-refractivity contribution in [3.8, 4) is 11.3 Å². The number of pyridine rings is 1. The van der Waals surface area contributed by atoms with Crippen LogP contribution in [0, 0.1) is 0 Å². The Labute approximate surface area is 126 Å². The highest BCUT2D eigenvalue weighted by molar-refractivity contribution is 5.94. The van der Waals surface area contributed by atoms with Gasteiger partial charge in [-0.1, -0.05) is 36.4 Å². The van der Waals surface area contributed by atoms with Gasteiger partial charge in [-0.3, -0.25) is 14.9 Å². The fraction of sp³-hybridized carbons (Fsp3) is 0. The maximum Gasteiger partial charge on any atom is 0.289 e. The molecule has 1 amide bonds. The van der Waals surface area contributed by atoms with Gasteiger partial charge in [0.25, 0.3) is 5.91 Å². The maximum atomic E-state index is 12.0. The minimum absolute atomic E-state index is 0.349. The van der Waals surface area contributed by atoms with Crippen LogP contribution in [0.4, 0.5) is 0 Å². The lowest BCUT2D eigenvalue weighted by Gasteiger charge is -1.95. The second kappa shape index (κ2) is 6.45. The largest absolute Gasteiger partial charge is 0.289 e. The molecule has 6 heteroatoms. The second-order valence-corrected chi connectivity index (χ2v) is 4.52. The fourth-order valence-electron chi connectivity index (χ4n) is 1.87. The molecule has 0 unspecified atom stereocenters. The lowest BCUT2D eigenvalue weighted by molar-refractivity contribution is 0.0950. The van der Waals surface area contributed by atoms with Gasteiger partial charge in [0.05, 0.1) is 11.9 Å². The number of H-pyrrole nitrogens is 1. The number of hydrogen-bond acceptors (Lipinski definition) is 4. The molecule has 0 atom stereocenters. The number of aromatic nitrogens is 3. The van der Waals surface area contributed by atoms with E-state index in [0.717, 1.165) is 11.1 Å². The highest BCUT2D eigenvalue weighted by Crippen LogP contribution is 2.16. The van der Waals surface area contributed by atoms with Gasteiger partial charge in [0, 0.05) is 23.5 Å². The zero-order valence-corrected chi connectivity index (χ0v) is 11.6. The Balaban J connectivity index is 1.66. The van der Waals surface area contributed by atoms with Crippen LogP contribution in [-0.4, -0.2) is 27.3 Å². The number of aromatic amines is 1. The molecule has 108 valence electrons. The molecular weight excluding hydrogens is 278 g/mol. The van der Waals surface area contributed by atoms with Crippen molar-refractivity contribution in [3.63, 3.8) is 0 Å². The van der Waals surface area contributed by atoms with Crippen LogP contribution in [0.3, 0.4) is 0 Å². The molecule has 0 aliphatic heterocycles. The van der Waals surface area contributed by atoms with Crippen LogP contribution in [0.2, 0.25) is 0 Å². The first-order valence-corrected chi connectivity index (χ1v) is 6.67. The lowest BCUT2D eigenvalue weighted by atomic mass is 10.1. The van der Waals surface area contributed by atoms with E-state index in [1.807, 2.05) is 36.4 Å². The van der Waals surface area contributed by atoms with Gasteiger partial charge in [0.1, 0.15) is 5.69 Å². The Morgan fingerprint density at radius 3 is 2.82 bits per heavy atom. The molecule has 0 aliphatic rings. The number of benzene rings is 1. The molecule has 0 spiro atoms. The number of hydrogen-bond donors (Lipinski definition) is 2. The van der Waals surface area contributed by atoms with Crippen LogP contribution in [-0.2, 0) is 0 Å². The maximum absolute atomic E-state index is 12.0. The molecule has 0 saturated heterocycles. The van der Waals surface area contributed by atoms with Gasteiger partial charge in [0.15, 0.2) is 0 Å². The Bertz CT molecular complexity index is 781. The first kappa shape index (κ1) is 13.7. The van der Waals surface area contributed by atoms with E-state index in [2.05, 4.69) is 25.7 Å². The minimum Gasteiger partial charge on any atom is -0.272 e. The molecule has 2 N–H and O–H groups in total. The number of nitrogens with one attached hydrogen (secondary N) is 2. The normalized spacial score (nSPS) is 10.7. The van der Waals surface area contributed by atoms with Crippen molar-refractivity contribution in [2.75, 3.05) is 0 Å². The van der Waals surface area contributed by atoms with Crippen molar-refractivity contribution < 1.29 is 4.79 Å². The van der Waals surface area contributed by atoms with E-state index in [1.165, 1.54) is 6.21 Å². The summed E-state index contributed by atoms with van der Waals surface area (Å²) in [6.45, 7) is 0. The second-order valence-electron chi connectivity index (χ2n) is 4.52. The van der Waals surface area contributed by atoms with Crippen LogP contribution in [0.1, 0.15) is 16.1 Å². The molecule has 6 nitrogen and oxygen atoms in total. The van der Waals surface area contributed by atoms with Crippen LogP contribution in [0.15, 0.2) is 66.0 Å². The summed E-state index contributed by atoms with van der Waals surface area (Å²) >= 11 is 0. The molecule has 1 aromatic carbocycles. The van der Waals surface area contributed by atoms with Crippen LogP contribution < -0.4 is 5.43 Å². The number of carbonyl (C=O) groups excluding carboxylic acids is 1. The Morgan fingerprint density at radius 1 is 1.18 bits per heavy atom. The van der Waals surface area contributed by atoms with E-state index in [-0.39, 0.29) is 5.91 Å². The van der Waals surface area contributed by atoms with Gasteiger partial charge in [-0.2, -0.15) is 10.2 Å². The molecule has 0 radical (unpaired) electrons. The first-order valence-electron chi connectivity index (χ1n) is 6.67. The summed E-state index contributed by atoms with van der Waals surface area (Å²) in [6, 6.07) is 14.9. The first-order chi connectivity index (χ1) is 10.8. The Morgan fingerprint density at radius 2 is 2.05 bits per heavy atom. The number of hydrazone groups is 1. The Hall–Kier alpha value is -3.28. The molecular formula is C16H13N5O. The lowest BCUT2D eigenvalue weighted by Crippen LogP contribution is -2.18. The SMILES string of the molecule is O=C(NN=Cc1cccnc1)c1cc(-c2ccccc2)n[nH]1. The third kappa shape index (κ3) is 3.24. The standard InChI is InChI=1S/C16H13N5O/c22-16(21-18-11-12-5-4-8-17-10-12)15-9-14(19-20-15)13-6-2-1-3-7-13/h1-11H,(H,19,20)(H,21,22). The van der Waals surface area contributed by atoms with Gasteiger partial charge >= 0.3 is 0 Å². The van der Waals surface area contributed by atoms with E-state index in [0.29, 0.717) is 11.4 Å². The summed E-state index contributed by atoms with van der Waals surface area (Å²) in [5.41, 5.74) is 5.25. The van der Waals surface area contributed by atoms with E-state index < -0.39 is 0 Å². The van der Waals surface area contributed by atoms with E-state index in [9.17, 15) is 4.79 Å². The summed E-state index contributed by atoms with van der Waals surface area (Å²) < 4.78 is 0. The van der Waals surface area contributed by atoms with Gasteiger partial charge in [0.2, 0.25) is 0 Å². The van der Waals surface area contributed by atoms with Gasteiger partial charge < -0.3 is 0 Å². The van der Waals surface area contributed by atoms with Crippen LogP contribution in [0.5, 0.6) is 0 Å². The third-order valence-corrected chi connectivity index (χ3v) is 2.96. The predicted molar refractivity (Wildman–Crippen MR) is 83.3 cm³/mol. The molecule has 0 saturated carbocycles.